The minimum absolute atomic E-state index is 0.355. The summed E-state index contributed by atoms with van der Waals surface area (Å²) < 4.78 is 10.5. The van der Waals surface area contributed by atoms with E-state index in [-0.39, 0.29) is 5.91 Å². The third-order valence-corrected chi connectivity index (χ3v) is 3.96. The number of carbonyl (C=O) groups is 2. The number of benzene rings is 1. The van der Waals surface area contributed by atoms with Crippen LogP contribution in [0.15, 0.2) is 48.8 Å². The molecule has 2 rings (SSSR count). The van der Waals surface area contributed by atoms with E-state index in [2.05, 4.69) is 10.3 Å². The number of hydrogen-bond acceptors (Lipinski definition) is 5. The molecule has 0 unspecified atom stereocenters. The summed E-state index contributed by atoms with van der Waals surface area (Å²) in [6.07, 6.45) is 3.84. The summed E-state index contributed by atoms with van der Waals surface area (Å²) in [5, 5.41) is 2.73. The van der Waals surface area contributed by atoms with Crippen molar-refractivity contribution in [3.63, 3.8) is 0 Å². The minimum atomic E-state index is -1.07. The molecule has 0 radical (unpaired) electrons. The van der Waals surface area contributed by atoms with Crippen LogP contribution in [-0.4, -0.2) is 29.5 Å². The van der Waals surface area contributed by atoms with Crippen LogP contribution >= 0.6 is 0 Å². The Kier molecular flexibility index (Phi) is 6.11. The highest BCUT2D eigenvalue weighted by Crippen LogP contribution is 2.17. The van der Waals surface area contributed by atoms with Gasteiger partial charge in [0.1, 0.15) is 17.9 Å². The second-order valence-corrected chi connectivity index (χ2v) is 5.81. The molecule has 1 aromatic heterocycles. The van der Waals surface area contributed by atoms with Crippen LogP contribution in [0, 0.1) is 0 Å². The molecule has 25 heavy (non-hydrogen) atoms. The van der Waals surface area contributed by atoms with Gasteiger partial charge < -0.3 is 14.8 Å². The molecule has 1 atom stereocenters. The molecule has 0 aliphatic rings. The van der Waals surface area contributed by atoms with Gasteiger partial charge in [-0.05, 0) is 37.6 Å². The first-order valence-electron chi connectivity index (χ1n) is 8.01. The number of nitrogens with zero attached hydrogens (tertiary/aromatic N) is 1. The zero-order valence-electron chi connectivity index (χ0n) is 14.6. The van der Waals surface area contributed by atoms with Gasteiger partial charge in [-0.1, -0.05) is 19.1 Å². The number of rotatable bonds is 7. The van der Waals surface area contributed by atoms with Crippen molar-refractivity contribution < 1.29 is 19.1 Å². The number of ether oxygens (including phenoxy) is 2. The molecule has 1 amide bonds. The molecular formula is C19H22N2O4. The van der Waals surface area contributed by atoms with Gasteiger partial charge in [0.2, 0.25) is 0 Å². The molecule has 0 saturated carbocycles. The highest BCUT2D eigenvalue weighted by Gasteiger charge is 2.34. The maximum atomic E-state index is 12.5. The van der Waals surface area contributed by atoms with E-state index < -0.39 is 11.5 Å². The SMILES string of the molecule is CC[C@](C)(NC(=O)c1cccc(OCc2cccnc2)c1)C(=O)OC. The topological polar surface area (TPSA) is 77.5 Å². The van der Waals surface area contributed by atoms with Crippen LogP contribution in [0.5, 0.6) is 5.75 Å². The van der Waals surface area contributed by atoms with Crippen molar-refractivity contribution in [1.29, 1.82) is 0 Å². The predicted octanol–water partition coefficient (Wildman–Crippen LogP) is 2.73. The summed E-state index contributed by atoms with van der Waals surface area (Å²) in [4.78, 5) is 28.4. The van der Waals surface area contributed by atoms with E-state index in [0.29, 0.717) is 24.3 Å². The molecule has 2 aromatic rings. The lowest BCUT2D eigenvalue weighted by atomic mass is 9.98. The first kappa shape index (κ1) is 18.4. The fraction of sp³-hybridized carbons (Fsp3) is 0.316. The average Bonchev–Trinajstić information content (AvgIpc) is 2.66. The second kappa shape index (κ2) is 8.28. The van der Waals surface area contributed by atoms with Gasteiger partial charge in [-0.25, -0.2) is 4.79 Å². The lowest BCUT2D eigenvalue weighted by Gasteiger charge is -2.26. The third-order valence-electron chi connectivity index (χ3n) is 3.96. The van der Waals surface area contributed by atoms with Crippen molar-refractivity contribution in [3.05, 3.63) is 59.9 Å². The van der Waals surface area contributed by atoms with E-state index in [1.165, 1.54) is 7.11 Å². The number of methoxy groups -OCH3 is 1. The molecule has 1 heterocycles. The first-order valence-corrected chi connectivity index (χ1v) is 8.01. The van der Waals surface area contributed by atoms with Crippen molar-refractivity contribution >= 4 is 11.9 Å². The normalized spacial score (nSPS) is 12.8. The summed E-state index contributed by atoms with van der Waals surface area (Å²) in [7, 11) is 1.30. The van der Waals surface area contributed by atoms with E-state index in [9.17, 15) is 9.59 Å². The summed E-state index contributed by atoms with van der Waals surface area (Å²) in [5.41, 5.74) is 0.271. The number of carbonyl (C=O) groups excluding carboxylic acids is 2. The molecule has 1 N–H and O–H groups in total. The van der Waals surface area contributed by atoms with Crippen LogP contribution in [0.1, 0.15) is 36.2 Å². The monoisotopic (exact) mass is 342 g/mol. The Hall–Kier alpha value is -2.89. The third kappa shape index (κ3) is 4.79. The van der Waals surface area contributed by atoms with Crippen LogP contribution in [0.25, 0.3) is 0 Å². The number of aromatic nitrogens is 1. The fourth-order valence-electron chi connectivity index (χ4n) is 2.21. The molecule has 1 aromatic carbocycles. The largest absolute Gasteiger partial charge is 0.489 e. The Morgan fingerprint density at radius 1 is 1.24 bits per heavy atom. The zero-order chi connectivity index (χ0) is 18.3. The minimum Gasteiger partial charge on any atom is -0.489 e. The van der Waals surface area contributed by atoms with Gasteiger partial charge >= 0.3 is 5.97 Å². The Balaban J connectivity index is 2.07. The van der Waals surface area contributed by atoms with Gasteiger partial charge in [-0.2, -0.15) is 0 Å². The number of hydrogen-bond donors (Lipinski definition) is 1. The van der Waals surface area contributed by atoms with Crippen LogP contribution in [-0.2, 0) is 16.1 Å². The smallest absolute Gasteiger partial charge is 0.331 e. The van der Waals surface area contributed by atoms with Gasteiger partial charge in [0.05, 0.1) is 7.11 Å². The zero-order valence-corrected chi connectivity index (χ0v) is 14.6. The van der Waals surface area contributed by atoms with Crippen molar-refractivity contribution in [2.24, 2.45) is 0 Å². The van der Waals surface area contributed by atoms with Crippen LogP contribution in [0.2, 0.25) is 0 Å². The Labute approximate surface area is 147 Å². The Morgan fingerprint density at radius 3 is 2.68 bits per heavy atom. The lowest BCUT2D eigenvalue weighted by Crippen LogP contribution is -2.52. The van der Waals surface area contributed by atoms with Crippen LogP contribution in [0.3, 0.4) is 0 Å². The molecule has 6 nitrogen and oxygen atoms in total. The highest BCUT2D eigenvalue weighted by molar-refractivity contribution is 5.98. The van der Waals surface area contributed by atoms with Crippen molar-refractivity contribution in [1.82, 2.24) is 10.3 Å². The Morgan fingerprint density at radius 2 is 2.04 bits per heavy atom. The quantitative estimate of drug-likeness (QED) is 0.783. The standard InChI is InChI=1S/C19H22N2O4/c1-4-19(2,18(23)24-3)21-17(22)15-8-5-9-16(11-15)25-13-14-7-6-10-20-12-14/h5-12H,4,13H2,1-3H3,(H,21,22)/t19-/m0/s1. The molecule has 0 bridgehead atoms. The highest BCUT2D eigenvalue weighted by atomic mass is 16.5. The van der Waals surface area contributed by atoms with E-state index in [1.807, 2.05) is 19.1 Å². The van der Waals surface area contributed by atoms with E-state index in [1.54, 1.807) is 43.6 Å². The van der Waals surface area contributed by atoms with Gasteiger partial charge in [0.25, 0.3) is 5.91 Å². The van der Waals surface area contributed by atoms with E-state index >= 15 is 0 Å². The molecule has 0 spiro atoms. The van der Waals surface area contributed by atoms with Gasteiger partial charge in [-0.15, -0.1) is 0 Å². The fourth-order valence-corrected chi connectivity index (χ4v) is 2.21. The van der Waals surface area contributed by atoms with Crippen molar-refractivity contribution in [2.45, 2.75) is 32.4 Å². The van der Waals surface area contributed by atoms with Crippen molar-refractivity contribution in [3.8, 4) is 5.75 Å². The number of nitrogens with one attached hydrogen (secondary N) is 1. The van der Waals surface area contributed by atoms with Gasteiger partial charge in [0, 0.05) is 23.5 Å². The predicted molar refractivity (Wildman–Crippen MR) is 93.2 cm³/mol. The maximum Gasteiger partial charge on any atom is 0.331 e. The van der Waals surface area contributed by atoms with E-state index in [4.69, 9.17) is 9.47 Å². The molecule has 6 heteroatoms. The number of pyridine rings is 1. The summed E-state index contributed by atoms with van der Waals surface area (Å²) in [6, 6.07) is 10.5. The lowest BCUT2D eigenvalue weighted by molar-refractivity contribution is -0.147. The van der Waals surface area contributed by atoms with Gasteiger partial charge in [0.15, 0.2) is 0 Å². The molecule has 0 aliphatic carbocycles. The van der Waals surface area contributed by atoms with Gasteiger partial charge in [-0.3, -0.25) is 9.78 Å². The first-order chi connectivity index (χ1) is 12.0. The number of amides is 1. The second-order valence-electron chi connectivity index (χ2n) is 5.81. The summed E-state index contributed by atoms with van der Waals surface area (Å²) in [6.45, 7) is 3.80. The maximum absolute atomic E-state index is 12.5. The Bertz CT molecular complexity index is 733. The van der Waals surface area contributed by atoms with Crippen LogP contribution in [0.4, 0.5) is 0 Å². The van der Waals surface area contributed by atoms with Crippen LogP contribution < -0.4 is 10.1 Å². The number of esters is 1. The summed E-state index contributed by atoms with van der Waals surface area (Å²) >= 11 is 0. The van der Waals surface area contributed by atoms with E-state index in [0.717, 1.165) is 5.56 Å². The van der Waals surface area contributed by atoms with Crippen molar-refractivity contribution in [2.75, 3.05) is 7.11 Å². The average molecular weight is 342 g/mol. The summed E-state index contributed by atoms with van der Waals surface area (Å²) in [5.74, 6) is -0.276. The molecule has 0 fully saturated rings. The molecule has 132 valence electrons. The molecule has 0 saturated heterocycles. The molecule has 0 aliphatic heterocycles. The molecular weight excluding hydrogens is 320 g/mol.